The number of hydrogen-bond acceptors (Lipinski definition) is 4. The Kier molecular flexibility index (Phi) is 6.19. The molecule has 0 unspecified atom stereocenters. The number of hydrogen-bond donors (Lipinski definition) is 2. The molecule has 5 heteroatoms. The first-order valence-corrected chi connectivity index (χ1v) is 8.95. The van der Waals surface area contributed by atoms with Gasteiger partial charge in [-0.15, -0.1) is 0 Å². The summed E-state index contributed by atoms with van der Waals surface area (Å²) in [6, 6.07) is 25.5. The lowest BCUT2D eigenvalue weighted by atomic mass is 10.0. The molecule has 5 nitrogen and oxygen atoms in total. The highest BCUT2D eigenvalue weighted by molar-refractivity contribution is 5.98. The summed E-state index contributed by atoms with van der Waals surface area (Å²) in [7, 11) is 0. The summed E-state index contributed by atoms with van der Waals surface area (Å²) >= 11 is 0. The standard InChI is InChI=1S/C23H21NO4/c1-16(28-23(27)21(25)18-12-6-3-7-13-18)22(26)24-20-15-9-8-14-19(20)17-10-4-2-5-11-17/h2-16,21,25H,1H3,(H,24,26)/t16-,21+/m1/s1. The van der Waals surface area contributed by atoms with Gasteiger partial charge in [-0.1, -0.05) is 78.9 Å². The number of aliphatic hydroxyl groups excluding tert-OH is 1. The second kappa shape index (κ2) is 8.97. The predicted octanol–water partition coefficient (Wildman–Crippen LogP) is 3.96. The van der Waals surface area contributed by atoms with E-state index >= 15 is 0 Å². The third-order valence-electron chi connectivity index (χ3n) is 4.27. The molecule has 3 aromatic rings. The van der Waals surface area contributed by atoms with Crippen LogP contribution in [0.15, 0.2) is 84.9 Å². The molecule has 0 aromatic heterocycles. The molecule has 28 heavy (non-hydrogen) atoms. The molecular weight excluding hydrogens is 354 g/mol. The van der Waals surface area contributed by atoms with E-state index in [4.69, 9.17) is 4.74 Å². The fourth-order valence-electron chi connectivity index (χ4n) is 2.76. The maximum atomic E-state index is 12.5. The van der Waals surface area contributed by atoms with Crippen LogP contribution in [0.5, 0.6) is 0 Å². The number of amides is 1. The predicted molar refractivity (Wildman–Crippen MR) is 107 cm³/mol. The molecule has 0 heterocycles. The van der Waals surface area contributed by atoms with E-state index in [0.717, 1.165) is 11.1 Å². The van der Waals surface area contributed by atoms with Gasteiger partial charge < -0.3 is 15.2 Å². The molecular formula is C23H21NO4. The van der Waals surface area contributed by atoms with Gasteiger partial charge in [-0.3, -0.25) is 4.79 Å². The Morgan fingerprint density at radius 2 is 1.43 bits per heavy atom. The van der Waals surface area contributed by atoms with Gasteiger partial charge in [-0.25, -0.2) is 4.79 Å². The molecule has 1 amide bonds. The largest absolute Gasteiger partial charge is 0.450 e. The SMILES string of the molecule is C[C@@H](OC(=O)[C@@H](O)c1ccccc1)C(=O)Nc1ccccc1-c1ccccc1. The Balaban J connectivity index is 1.68. The number of aliphatic hydroxyl groups is 1. The molecule has 0 aliphatic carbocycles. The van der Waals surface area contributed by atoms with E-state index in [9.17, 15) is 14.7 Å². The zero-order chi connectivity index (χ0) is 19.9. The van der Waals surface area contributed by atoms with E-state index in [1.807, 2.05) is 48.5 Å². The maximum absolute atomic E-state index is 12.5. The Morgan fingerprint density at radius 1 is 0.857 bits per heavy atom. The Hall–Kier alpha value is -3.44. The average Bonchev–Trinajstić information content (AvgIpc) is 2.74. The smallest absolute Gasteiger partial charge is 0.340 e. The van der Waals surface area contributed by atoms with Crippen LogP contribution in [0.2, 0.25) is 0 Å². The number of benzene rings is 3. The summed E-state index contributed by atoms with van der Waals surface area (Å²) in [5.41, 5.74) is 2.85. The normalized spacial score (nSPS) is 12.6. The number of esters is 1. The van der Waals surface area contributed by atoms with E-state index in [-0.39, 0.29) is 0 Å². The van der Waals surface area contributed by atoms with Crippen molar-refractivity contribution >= 4 is 17.6 Å². The van der Waals surface area contributed by atoms with Gasteiger partial charge in [-0.05, 0) is 24.1 Å². The molecule has 3 rings (SSSR count). The Labute approximate surface area is 163 Å². The molecule has 0 aliphatic rings. The molecule has 0 spiro atoms. The van der Waals surface area contributed by atoms with E-state index in [1.165, 1.54) is 6.92 Å². The second-order valence-corrected chi connectivity index (χ2v) is 6.29. The molecule has 0 saturated heterocycles. The van der Waals surface area contributed by atoms with E-state index < -0.39 is 24.1 Å². The lowest BCUT2D eigenvalue weighted by Gasteiger charge is -2.17. The van der Waals surface area contributed by atoms with Crippen molar-refractivity contribution in [2.45, 2.75) is 19.1 Å². The number of rotatable bonds is 6. The van der Waals surface area contributed by atoms with Crippen LogP contribution in [0.25, 0.3) is 11.1 Å². The molecule has 0 radical (unpaired) electrons. The average molecular weight is 375 g/mol. The molecule has 3 aromatic carbocycles. The van der Waals surface area contributed by atoms with Crippen molar-refractivity contribution in [1.82, 2.24) is 0 Å². The van der Waals surface area contributed by atoms with Gasteiger partial charge in [0.2, 0.25) is 0 Å². The number of carbonyl (C=O) groups is 2. The number of anilines is 1. The molecule has 0 saturated carbocycles. The van der Waals surface area contributed by atoms with Crippen LogP contribution in [0, 0.1) is 0 Å². The monoisotopic (exact) mass is 375 g/mol. The minimum Gasteiger partial charge on any atom is -0.450 e. The van der Waals surface area contributed by atoms with Crippen LogP contribution in [0.3, 0.4) is 0 Å². The van der Waals surface area contributed by atoms with Crippen LogP contribution >= 0.6 is 0 Å². The number of nitrogens with one attached hydrogen (secondary N) is 1. The number of carbonyl (C=O) groups excluding carboxylic acids is 2. The first-order chi connectivity index (χ1) is 13.6. The van der Waals surface area contributed by atoms with Gasteiger partial charge in [0.15, 0.2) is 12.2 Å². The van der Waals surface area contributed by atoms with Crippen molar-refractivity contribution in [1.29, 1.82) is 0 Å². The van der Waals surface area contributed by atoms with Gasteiger partial charge in [0, 0.05) is 11.3 Å². The third kappa shape index (κ3) is 4.64. The zero-order valence-corrected chi connectivity index (χ0v) is 15.4. The molecule has 0 aliphatic heterocycles. The zero-order valence-electron chi connectivity index (χ0n) is 15.4. The van der Waals surface area contributed by atoms with Crippen LogP contribution in [0.4, 0.5) is 5.69 Å². The van der Waals surface area contributed by atoms with Crippen molar-refractivity contribution in [3.63, 3.8) is 0 Å². The first-order valence-electron chi connectivity index (χ1n) is 8.95. The lowest BCUT2D eigenvalue weighted by Crippen LogP contribution is -2.32. The van der Waals surface area contributed by atoms with E-state index in [1.54, 1.807) is 36.4 Å². The van der Waals surface area contributed by atoms with Crippen LogP contribution < -0.4 is 5.32 Å². The molecule has 0 fully saturated rings. The van der Waals surface area contributed by atoms with Crippen LogP contribution in [-0.4, -0.2) is 23.1 Å². The number of para-hydroxylation sites is 1. The third-order valence-corrected chi connectivity index (χ3v) is 4.27. The summed E-state index contributed by atoms with van der Waals surface area (Å²) in [5, 5.41) is 12.9. The summed E-state index contributed by atoms with van der Waals surface area (Å²) in [6.45, 7) is 1.47. The topological polar surface area (TPSA) is 75.6 Å². The van der Waals surface area contributed by atoms with Crippen molar-refractivity contribution in [2.75, 3.05) is 5.32 Å². The van der Waals surface area contributed by atoms with Crippen LogP contribution in [-0.2, 0) is 14.3 Å². The summed E-state index contributed by atoms with van der Waals surface area (Å²) in [6.07, 6.45) is -2.50. The van der Waals surface area contributed by atoms with E-state index in [0.29, 0.717) is 11.3 Å². The highest BCUT2D eigenvalue weighted by atomic mass is 16.6. The quantitative estimate of drug-likeness (QED) is 0.640. The van der Waals surface area contributed by atoms with Crippen molar-refractivity contribution in [3.8, 4) is 11.1 Å². The highest BCUT2D eigenvalue weighted by Crippen LogP contribution is 2.27. The van der Waals surface area contributed by atoms with Crippen molar-refractivity contribution < 1.29 is 19.4 Å². The van der Waals surface area contributed by atoms with Crippen molar-refractivity contribution in [2.24, 2.45) is 0 Å². The minimum atomic E-state index is -1.44. The van der Waals surface area contributed by atoms with Gasteiger partial charge in [-0.2, -0.15) is 0 Å². The van der Waals surface area contributed by atoms with Gasteiger partial charge >= 0.3 is 5.97 Å². The summed E-state index contributed by atoms with van der Waals surface area (Å²) in [5.74, 6) is -1.35. The fourth-order valence-corrected chi connectivity index (χ4v) is 2.76. The molecule has 142 valence electrons. The lowest BCUT2D eigenvalue weighted by molar-refractivity contribution is -0.162. The highest BCUT2D eigenvalue weighted by Gasteiger charge is 2.24. The fraction of sp³-hybridized carbons (Fsp3) is 0.130. The minimum absolute atomic E-state index is 0.412. The molecule has 2 N–H and O–H groups in total. The Morgan fingerprint density at radius 3 is 2.11 bits per heavy atom. The molecule has 0 bridgehead atoms. The van der Waals surface area contributed by atoms with E-state index in [2.05, 4.69) is 5.32 Å². The van der Waals surface area contributed by atoms with Crippen LogP contribution in [0.1, 0.15) is 18.6 Å². The Bertz CT molecular complexity index is 941. The van der Waals surface area contributed by atoms with Gasteiger partial charge in [0.25, 0.3) is 5.91 Å². The second-order valence-electron chi connectivity index (χ2n) is 6.29. The van der Waals surface area contributed by atoms with Gasteiger partial charge in [0.05, 0.1) is 0 Å². The summed E-state index contributed by atoms with van der Waals surface area (Å²) in [4.78, 5) is 24.7. The number of ether oxygens (including phenoxy) is 1. The first kappa shape index (κ1) is 19.3. The summed E-state index contributed by atoms with van der Waals surface area (Å²) < 4.78 is 5.15. The maximum Gasteiger partial charge on any atom is 0.340 e. The van der Waals surface area contributed by atoms with Gasteiger partial charge in [0.1, 0.15) is 0 Å². The van der Waals surface area contributed by atoms with Crippen molar-refractivity contribution in [3.05, 3.63) is 90.5 Å². The molecule has 2 atom stereocenters.